The molecule has 0 bridgehead atoms. The van der Waals surface area contributed by atoms with Crippen LogP contribution < -0.4 is 10.5 Å². The lowest BCUT2D eigenvalue weighted by Gasteiger charge is -2.35. The Balaban J connectivity index is 1.27. The second-order valence-corrected chi connectivity index (χ2v) is 9.44. The standard InChI is InChI=1S/C27H25N5O2S/c1-20-5-11-23(12-6-20)35-25-13-14-26(33)32(29-25)22-9-7-21(8-10-22)27(34)31-18-16-30(17-19-31)24-4-2-3-15-28-24/h2-15H,16-19H2,1H3. The summed E-state index contributed by atoms with van der Waals surface area (Å²) in [5.41, 5.74) is 2.19. The van der Waals surface area contributed by atoms with Crippen molar-refractivity contribution in [1.29, 1.82) is 0 Å². The SMILES string of the molecule is Cc1ccc(Sc2ccc(=O)n(-c3ccc(C(=O)N4CCN(c5ccccn5)CC4)cc3)n2)cc1. The van der Waals surface area contributed by atoms with E-state index >= 15 is 0 Å². The number of piperazine rings is 1. The molecule has 2 aromatic carbocycles. The predicted molar refractivity (Wildman–Crippen MR) is 137 cm³/mol. The fourth-order valence-corrected chi connectivity index (χ4v) is 4.74. The van der Waals surface area contributed by atoms with E-state index in [4.69, 9.17) is 0 Å². The normalized spacial score (nSPS) is 13.6. The highest BCUT2D eigenvalue weighted by Crippen LogP contribution is 2.25. The van der Waals surface area contributed by atoms with E-state index in [-0.39, 0.29) is 11.5 Å². The summed E-state index contributed by atoms with van der Waals surface area (Å²) >= 11 is 1.50. The minimum Gasteiger partial charge on any atom is -0.353 e. The van der Waals surface area contributed by atoms with Gasteiger partial charge in [-0.25, -0.2) is 4.98 Å². The van der Waals surface area contributed by atoms with Crippen LogP contribution in [0.2, 0.25) is 0 Å². The highest BCUT2D eigenvalue weighted by atomic mass is 32.2. The van der Waals surface area contributed by atoms with Gasteiger partial charge in [0.25, 0.3) is 11.5 Å². The Kier molecular flexibility index (Phi) is 6.63. The molecule has 8 heteroatoms. The quantitative estimate of drug-likeness (QED) is 0.427. The van der Waals surface area contributed by atoms with Gasteiger partial charge in [-0.3, -0.25) is 9.59 Å². The van der Waals surface area contributed by atoms with E-state index in [1.807, 2.05) is 54.3 Å². The number of aryl methyl sites for hydroxylation is 1. The molecule has 0 spiro atoms. The van der Waals surface area contributed by atoms with Gasteiger partial charge in [-0.15, -0.1) is 0 Å². The van der Waals surface area contributed by atoms with E-state index in [0.29, 0.717) is 24.3 Å². The number of hydrogen-bond donors (Lipinski definition) is 0. The first kappa shape index (κ1) is 22.9. The van der Waals surface area contributed by atoms with Gasteiger partial charge in [0.2, 0.25) is 0 Å². The molecule has 0 radical (unpaired) electrons. The summed E-state index contributed by atoms with van der Waals surface area (Å²) in [4.78, 5) is 35.0. The summed E-state index contributed by atoms with van der Waals surface area (Å²) < 4.78 is 1.37. The van der Waals surface area contributed by atoms with Gasteiger partial charge in [-0.1, -0.05) is 35.5 Å². The number of carbonyl (C=O) groups is 1. The fourth-order valence-electron chi connectivity index (χ4n) is 3.97. The van der Waals surface area contributed by atoms with Crippen molar-refractivity contribution in [3.63, 3.8) is 0 Å². The number of amides is 1. The number of pyridine rings is 1. The van der Waals surface area contributed by atoms with Gasteiger partial charge in [0, 0.05) is 48.9 Å². The van der Waals surface area contributed by atoms with E-state index in [2.05, 4.69) is 15.0 Å². The number of carbonyl (C=O) groups excluding carboxylic acids is 1. The predicted octanol–water partition coefficient (Wildman–Crippen LogP) is 4.05. The third-order valence-electron chi connectivity index (χ3n) is 5.92. The second kappa shape index (κ2) is 10.1. The third kappa shape index (κ3) is 5.27. The molecule has 0 N–H and O–H groups in total. The van der Waals surface area contributed by atoms with Gasteiger partial charge in [0.05, 0.1) is 5.69 Å². The van der Waals surface area contributed by atoms with E-state index in [1.165, 1.54) is 28.1 Å². The summed E-state index contributed by atoms with van der Waals surface area (Å²) in [6, 6.07) is 24.3. The first-order valence-electron chi connectivity index (χ1n) is 11.5. The number of anilines is 1. The molecule has 5 rings (SSSR count). The summed E-state index contributed by atoms with van der Waals surface area (Å²) in [6.45, 7) is 4.80. The number of nitrogens with zero attached hydrogens (tertiary/aromatic N) is 5. The average Bonchev–Trinajstić information content (AvgIpc) is 2.91. The summed E-state index contributed by atoms with van der Waals surface area (Å²) in [5.74, 6) is 0.922. The lowest BCUT2D eigenvalue weighted by molar-refractivity contribution is 0.0746. The molecule has 1 aliphatic heterocycles. The first-order valence-corrected chi connectivity index (χ1v) is 12.3. The number of hydrogen-bond acceptors (Lipinski definition) is 6. The van der Waals surface area contributed by atoms with Crippen molar-refractivity contribution < 1.29 is 4.79 Å². The maximum Gasteiger partial charge on any atom is 0.271 e. The van der Waals surface area contributed by atoms with Gasteiger partial charge in [0.1, 0.15) is 10.8 Å². The molecule has 7 nitrogen and oxygen atoms in total. The molecule has 0 atom stereocenters. The van der Waals surface area contributed by atoms with E-state index in [9.17, 15) is 9.59 Å². The van der Waals surface area contributed by atoms with Crippen LogP contribution in [-0.2, 0) is 0 Å². The Hall–Kier alpha value is -3.91. The molecule has 0 aliphatic carbocycles. The van der Waals surface area contributed by atoms with E-state index in [0.717, 1.165) is 28.8 Å². The summed E-state index contributed by atoms with van der Waals surface area (Å²) in [6.07, 6.45) is 1.78. The zero-order chi connectivity index (χ0) is 24.2. The van der Waals surface area contributed by atoms with Crippen molar-refractivity contribution in [3.8, 4) is 5.69 Å². The van der Waals surface area contributed by atoms with Crippen molar-refractivity contribution in [2.24, 2.45) is 0 Å². The highest BCUT2D eigenvalue weighted by Gasteiger charge is 2.22. The van der Waals surface area contributed by atoms with Gasteiger partial charge in [0.15, 0.2) is 0 Å². The molecule has 4 aromatic rings. The lowest BCUT2D eigenvalue weighted by Crippen LogP contribution is -2.49. The van der Waals surface area contributed by atoms with Crippen molar-refractivity contribution >= 4 is 23.5 Å². The Morgan fingerprint density at radius 3 is 2.29 bits per heavy atom. The Morgan fingerprint density at radius 2 is 1.60 bits per heavy atom. The van der Waals surface area contributed by atoms with Crippen molar-refractivity contribution in [2.45, 2.75) is 16.8 Å². The molecular formula is C27H25N5O2S. The maximum atomic E-state index is 13.0. The molecular weight excluding hydrogens is 458 g/mol. The molecule has 1 fully saturated rings. The van der Waals surface area contributed by atoms with Crippen LogP contribution in [0.5, 0.6) is 0 Å². The zero-order valence-electron chi connectivity index (χ0n) is 19.4. The van der Waals surface area contributed by atoms with Crippen LogP contribution in [-0.4, -0.2) is 51.8 Å². The van der Waals surface area contributed by atoms with Crippen LogP contribution in [0.4, 0.5) is 5.82 Å². The molecule has 35 heavy (non-hydrogen) atoms. The van der Waals surface area contributed by atoms with Crippen LogP contribution in [0.1, 0.15) is 15.9 Å². The Bertz CT molecular complexity index is 1360. The monoisotopic (exact) mass is 483 g/mol. The van der Waals surface area contributed by atoms with E-state index in [1.54, 1.807) is 36.5 Å². The molecule has 1 saturated heterocycles. The fraction of sp³-hybridized carbons (Fsp3) is 0.185. The van der Waals surface area contributed by atoms with Gasteiger partial charge >= 0.3 is 0 Å². The Labute approximate surface area is 208 Å². The zero-order valence-corrected chi connectivity index (χ0v) is 20.2. The molecule has 0 unspecified atom stereocenters. The molecule has 2 aromatic heterocycles. The molecule has 3 heterocycles. The summed E-state index contributed by atoms with van der Waals surface area (Å²) in [5, 5.41) is 5.24. The van der Waals surface area contributed by atoms with Crippen LogP contribution >= 0.6 is 11.8 Å². The molecule has 176 valence electrons. The van der Waals surface area contributed by atoms with Crippen molar-refractivity contribution in [3.05, 3.63) is 107 Å². The van der Waals surface area contributed by atoms with Crippen LogP contribution in [0.15, 0.2) is 99.8 Å². The number of benzene rings is 2. The minimum atomic E-state index is -0.219. The van der Waals surface area contributed by atoms with Gasteiger partial charge in [-0.2, -0.15) is 9.78 Å². The second-order valence-electron chi connectivity index (χ2n) is 8.35. The summed E-state index contributed by atoms with van der Waals surface area (Å²) in [7, 11) is 0. The van der Waals surface area contributed by atoms with Crippen molar-refractivity contribution in [1.82, 2.24) is 19.7 Å². The molecule has 1 amide bonds. The first-order chi connectivity index (χ1) is 17.1. The van der Waals surface area contributed by atoms with Crippen LogP contribution in [0, 0.1) is 6.92 Å². The largest absolute Gasteiger partial charge is 0.353 e. The third-order valence-corrected chi connectivity index (χ3v) is 6.85. The molecule has 0 saturated carbocycles. The van der Waals surface area contributed by atoms with Crippen LogP contribution in [0.25, 0.3) is 5.69 Å². The topological polar surface area (TPSA) is 71.3 Å². The smallest absolute Gasteiger partial charge is 0.271 e. The number of aromatic nitrogens is 3. The van der Waals surface area contributed by atoms with Crippen molar-refractivity contribution in [2.75, 3.05) is 31.1 Å². The minimum absolute atomic E-state index is 0.0128. The van der Waals surface area contributed by atoms with Crippen LogP contribution in [0.3, 0.4) is 0 Å². The van der Waals surface area contributed by atoms with E-state index < -0.39 is 0 Å². The van der Waals surface area contributed by atoms with Gasteiger partial charge in [-0.05, 0) is 61.5 Å². The highest BCUT2D eigenvalue weighted by molar-refractivity contribution is 7.99. The number of rotatable bonds is 5. The lowest BCUT2D eigenvalue weighted by atomic mass is 10.1. The maximum absolute atomic E-state index is 13.0. The molecule has 1 aliphatic rings. The average molecular weight is 484 g/mol. The Morgan fingerprint density at radius 1 is 0.857 bits per heavy atom. The van der Waals surface area contributed by atoms with Gasteiger partial charge < -0.3 is 9.80 Å².